The van der Waals surface area contributed by atoms with Gasteiger partial charge in [0.25, 0.3) is 5.56 Å². The first kappa shape index (κ1) is 9.65. The number of hydrogen-bond donors (Lipinski definition) is 1. The van der Waals surface area contributed by atoms with Gasteiger partial charge in [0.1, 0.15) is 5.39 Å². The van der Waals surface area contributed by atoms with Crippen molar-refractivity contribution in [3.63, 3.8) is 0 Å². The third-order valence-electron chi connectivity index (χ3n) is 2.43. The van der Waals surface area contributed by atoms with Crippen LogP contribution in [0, 0.1) is 0 Å². The van der Waals surface area contributed by atoms with Crippen LogP contribution in [0.25, 0.3) is 22.4 Å². The molecule has 0 unspecified atom stereocenters. The maximum Gasteiger partial charge on any atom is 0.261 e. The largest absolute Gasteiger partial charge is 0.312 e. The molecule has 0 spiro atoms. The maximum atomic E-state index is 11.5. The Morgan fingerprint density at radius 2 is 1.88 bits per heavy atom. The first-order chi connectivity index (χ1) is 8.34. The Balaban J connectivity index is 2.25. The van der Waals surface area contributed by atoms with Gasteiger partial charge in [-0.05, 0) is 0 Å². The predicted octanol–water partition coefficient (Wildman–Crippen LogP) is 1.38. The summed E-state index contributed by atoms with van der Waals surface area (Å²) in [5.74, 6) is 0.566. The summed E-state index contributed by atoms with van der Waals surface area (Å²) in [4.78, 5) is 26.4. The van der Waals surface area contributed by atoms with Gasteiger partial charge in [-0.25, -0.2) is 15.0 Å². The van der Waals surface area contributed by atoms with Gasteiger partial charge in [0.2, 0.25) is 0 Å². The molecule has 0 aliphatic rings. The molecular weight excluding hydrogens is 216 g/mol. The topological polar surface area (TPSA) is 71.5 Å². The summed E-state index contributed by atoms with van der Waals surface area (Å²) in [5.41, 5.74) is 1.08. The molecule has 0 atom stereocenters. The average Bonchev–Trinajstić information content (AvgIpc) is 2.40. The second-order valence-corrected chi connectivity index (χ2v) is 3.53. The predicted molar refractivity (Wildman–Crippen MR) is 63.4 cm³/mol. The van der Waals surface area contributed by atoms with E-state index in [9.17, 15) is 4.79 Å². The quantitative estimate of drug-likeness (QED) is 0.677. The molecule has 5 nitrogen and oxygen atoms in total. The molecule has 1 aromatic carbocycles. The van der Waals surface area contributed by atoms with Gasteiger partial charge in [-0.15, -0.1) is 0 Å². The molecule has 0 saturated heterocycles. The lowest BCUT2D eigenvalue weighted by molar-refractivity contribution is 1.11. The molecule has 0 fully saturated rings. The monoisotopic (exact) mass is 224 g/mol. The summed E-state index contributed by atoms with van der Waals surface area (Å²) >= 11 is 0. The number of nitrogens with zero attached hydrogens (tertiary/aromatic N) is 3. The van der Waals surface area contributed by atoms with Gasteiger partial charge >= 0.3 is 0 Å². The molecule has 2 aromatic heterocycles. The lowest BCUT2D eigenvalue weighted by atomic mass is 10.2. The zero-order valence-electron chi connectivity index (χ0n) is 8.79. The van der Waals surface area contributed by atoms with Gasteiger partial charge in [0, 0.05) is 11.8 Å². The van der Waals surface area contributed by atoms with Crippen molar-refractivity contribution in [1.29, 1.82) is 0 Å². The molecule has 3 aromatic rings. The molecule has 5 heteroatoms. The van der Waals surface area contributed by atoms with Gasteiger partial charge in [0.15, 0.2) is 11.5 Å². The van der Waals surface area contributed by atoms with Crippen LogP contribution in [0.1, 0.15) is 0 Å². The van der Waals surface area contributed by atoms with Crippen molar-refractivity contribution in [2.24, 2.45) is 0 Å². The fourth-order valence-electron chi connectivity index (χ4n) is 1.59. The smallest absolute Gasteiger partial charge is 0.261 e. The van der Waals surface area contributed by atoms with E-state index in [1.807, 2.05) is 30.3 Å². The number of H-pyrrole nitrogens is 1. The summed E-state index contributed by atoms with van der Waals surface area (Å²) in [6.45, 7) is 0. The Morgan fingerprint density at radius 3 is 2.71 bits per heavy atom. The van der Waals surface area contributed by atoms with E-state index in [0.717, 1.165) is 5.56 Å². The summed E-state index contributed by atoms with van der Waals surface area (Å²) in [7, 11) is 0. The molecule has 0 aliphatic carbocycles. The molecular formula is C12H8N4O. The third-order valence-corrected chi connectivity index (χ3v) is 2.43. The molecule has 3 rings (SSSR count). The number of aromatic amines is 1. The molecule has 0 saturated carbocycles. The van der Waals surface area contributed by atoms with E-state index in [1.165, 1.54) is 12.5 Å². The SMILES string of the molecule is O=c1[nH]cnc2nc(-c3ccccc3)ncc12. The highest BCUT2D eigenvalue weighted by Gasteiger charge is 2.05. The van der Waals surface area contributed by atoms with Gasteiger partial charge in [-0.3, -0.25) is 4.79 Å². The maximum absolute atomic E-state index is 11.5. The van der Waals surface area contributed by atoms with Gasteiger partial charge in [-0.1, -0.05) is 30.3 Å². The number of hydrogen-bond acceptors (Lipinski definition) is 4. The Morgan fingerprint density at radius 1 is 1.06 bits per heavy atom. The fourth-order valence-corrected chi connectivity index (χ4v) is 1.59. The standard InChI is InChI=1S/C12H8N4O/c17-12-9-6-13-10(8-4-2-1-3-5-8)16-11(9)14-7-15-12/h1-7H,(H,13,14,15,16,17). The molecule has 0 bridgehead atoms. The fraction of sp³-hybridized carbons (Fsp3) is 0. The van der Waals surface area contributed by atoms with Gasteiger partial charge < -0.3 is 4.98 Å². The number of nitrogens with one attached hydrogen (secondary N) is 1. The Hall–Kier alpha value is -2.56. The van der Waals surface area contributed by atoms with E-state index in [4.69, 9.17) is 0 Å². The first-order valence-corrected chi connectivity index (χ1v) is 5.10. The molecule has 0 amide bonds. The minimum absolute atomic E-state index is 0.227. The van der Waals surface area contributed by atoms with E-state index in [1.54, 1.807) is 0 Å². The molecule has 1 N–H and O–H groups in total. The second-order valence-electron chi connectivity index (χ2n) is 3.53. The normalized spacial score (nSPS) is 10.6. The summed E-state index contributed by atoms with van der Waals surface area (Å²) < 4.78 is 0. The van der Waals surface area contributed by atoms with Crippen molar-refractivity contribution >= 4 is 11.0 Å². The zero-order chi connectivity index (χ0) is 11.7. The highest BCUT2D eigenvalue weighted by Crippen LogP contribution is 2.14. The van der Waals surface area contributed by atoms with Crippen LogP contribution in [0.2, 0.25) is 0 Å². The molecule has 2 heterocycles. The Bertz CT molecular complexity index is 721. The average molecular weight is 224 g/mol. The van der Waals surface area contributed by atoms with Crippen molar-refractivity contribution < 1.29 is 0 Å². The van der Waals surface area contributed by atoms with Crippen LogP contribution >= 0.6 is 0 Å². The lowest BCUT2D eigenvalue weighted by Gasteiger charge is -2.00. The molecule has 82 valence electrons. The van der Waals surface area contributed by atoms with E-state index in [-0.39, 0.29) is 5.56 Å². The van der Waals surface area contributed by atoms with Crippen molar-refractivity contribution in [3.8, 4) is 11.4 Å². The van der Waals surface area contributed by atoms with Crippen LogP contribution in [0.4, 0.5) is 0 Å². The van der Waals surface area contributed by atoms with E-state index < -0.39 is 0 Å². The Kier molecular flexibility index (Phi) is 2.15. The van der Waals surface area contributed by atoms with Crippen LogP contribution in [0.3, 0.4) is 0 Å². The minimum Gasteiger partial charge on any atom is -0.312 e. The van der Waals surface area contributed by atoms with Crippen molar-refractivity contribution in [1.82, 2.24) is 19.9 Å². The summed E-state index contributed by atoms with van der Waals surface area (Å²) in [6.07, 6.45) is 2.84. The number of rotatable bonds is 1. The van der Waals surface area contributed by atoms with Crippen molar-refractivity contribution in [2.75, 3.05) is 0 Å². The number of aromatic nitrogens is 4. The third kappa shape index (κ3) is 1.67. The van der Waals surface area contributed by atoms with Crippen molar-refractivity contribution in [2.45, 2.75) is 0 Å². The van der Waals surface area contributed by atoms with Crippen molar-refractivity contribution in [3.05, 3.63) is 53.2 Å². The Labute approximate surface area is 96.2 Å². The highest BCUT2D eigenvalue weighted by atomic mass is 16.1. The zero-order valence-corrected chi connectivity index (χ0v) is 8.79. The van der Waals surface area contributed by atoms with E-state index in [2.05, 4.69) is 19.9 Å². The highest BCUT2D eigenvalue weighted by molar-refractivity contribution is 5.74. The molecule has 0 aliphatic heterocycles. The van der Waals surface area contributed by atoms with Crippen LogP contribution in [0.5, 0.6) is 0 Å². The first-order valence-electron chi connectivity index (χ1n) is 5.10. The van der Waals surface area contributed by atoms with Gasteiger partial charge in [0.05, 0.1) is 6.33 Å². The number of benzene rings is 1. The molecule has 17 heavy (non-hydrogen) atoms. The summed E-state index contributed by atoms with van der Waals surface area (Å²) in [6, 6.07) is 9.57. The lowest BCUT2D eigenvalue weighted by Crippen LogP contribution is -2.08. The van der Waals surface area contributed by atoms with E-state index in [0.29, 0.717) is 16.9 Å². The minimum atomic E-state index is -0.227. The van der Waals surface area contributed by atoms with Crippen LogP contribution < -0.4 is 5.56 Å². The van der Waals surface area contributed by atoms with Crippen LogP contribution in [0.15, 0.2) is 47.7 Å². The second kappa shape index (κ2) is 3.79. The van der Waals surface area contributed by atoms with E-state index >= 15 is 0 Å². The summed E-state index contributed by atoms with van der Waals surface area (Å²) in [5, 5.41) is 0.396. The van der Waals surface area contributed by atoms with Gasteiger partial charge in [-0.2, -0.15) is 0 Å². The van der Waals surface area contributed by atoms with Crippen LogP contribution in [-0.2, 0) is 0 Å². The van der Waals surface area contributed by atoms with Crippen LogP contribution in [-0.4, -0.2) is 19.9 Å². The number of fused-ring (bicyclic) bond motifs is 1. The molecule has 0 radical (unpaired) electrons.